The zero-order valence-electron chi connectivity index (χ0n) is 10.1. The summed E-state index contributed by atoms with van der Waals surface area (Å²) in [6.07, 6.45) is 0. The fourth-order valence-corrected chi connectivity index (χ4v) is 1.79. The molecule has 0 aliphatic carbocycles. The van der Waals surface area contributed by atoms with E-state index in [-0.39, 0.29) is 5.97 Å². The first-order valence-corrected chi connectivity index (χ1v) is 6.12. The van der Waals surface area contributed by atoms with E-state index in [4.69, 9.17) is 4.74 Å². The Balaban J connectivity index is 3.06. The molecule has 1 aromatic rings. The van der Waals surface area contributed by atoms with Crippen LogP contribution in [0.3, 0.4) is 0 Å². The molecule has 0 aromatic heterocycles. The van der Waals surface area contributed by atoms with Crippen molar-refractivity contribution in [3.05, 3.63) is 33.8 Å². The van der Waals surface area contributed by atoms with Crippen molar-refractivity contribution in [3.63, 3.8) is 0 Å². The molecule has 0 unspecified atom stereocenters. The molecule has 0 aliphatic heterocycles. The molecule has 0 amide bonds. The fraction of sp³-hybridized carbons (Fsp3) is 0.462. The highest BCUT2D eigenvalue weighted by atomic mass is 79.9. The van der Waals surface area contributed by atoms with E-state index in [1.54, 1.807) is 0 Å². The van der Waals surface area contributed by atoms with Crippen molar-refractivity contribution in [1.82, 2.24) is 0 Å². The van der Waals surface area contributed by atoms with Crippen LogP contribution >= 0.6 is 15.9 Å². The molecule has 0 saturated carbocycles. The Labute approximate surface area is 105 Å². The highest BCUT2D eigenvalue weighted by Crippen LogP contribution is 2.28. The van der Waals surface area contributed by atoms with Gasteiger partial charge in [-0.15, -0.1) is 0 Å². The average molecular weight is 285 g/mol. The third kappa shape index (κ3) is 2.64. The largest absolute Gasteiger partial charge is 0.465 e. The van der Waals surface area contributed by atoms with E-state index in [1.165, 1.54) is 0 Å². The fourth-order valence-electron chi connectivity index (χ4n) is 1.41. The Hall–Kier alpha value is -0.830. The van der Waals surface area contributed by atoms with Gasteiger partial charge in [0, 0.05) is 4.47 Å². The summed E-state index contributed by atoms with van der Waals surface area (Å²) in [6.45, 7) is 8.00. The van der Waals surface area contributed by atoms with Gasteiger partial charge in [0.25, 0.3) is 0 Å². The first kappa shape index (κ1) is 13.2. The summed E-state index contributed by atoms with van der Waals surface area (Å²) in [4.78, 5) is 11.8. The molecule has 1 aromatic carbocycles. The zero-order valence-corrected chi connectivity index (χ0v) is 11.7. The second-order valence-corrected chi connectivity index (χ2v) is 5.16. The molecule has 1 rings (SSSR count). The van der Waals surface area contributed by atoms with Gasteiger partial charge >= 0.3 is 5.97 Å². The van der Waals surface area contributed by atoms with Crippen LogP contribution < -0.4 is 0 Å². The first-order valence-electron chi connectivity index (χ1n) is 5.33. The van der Waals surface area contributed by atoms with Crippen LogP contribution in [-0.2, 0) is 14.9 Å². The Morgan fingerprint density at radius 2 is 2.06 bits per heavy atom. The number of benzene rings is 1. The molecule has 0 fully saturated rings. The standard InChI is InChI=1S/C13H17BrO2/c1-5-16-12(15)13(3,4)10-7-6-9(2)11(14)8-10/h6-8H,5H2,1-4H3. The Morgan fingerprint density at radius 1 is 1.44 bits per heavy atom. The average Bonchev–Trinajstić information content (AvgIpc) is 2.22. The lowest BCUT2D eigenvalue weighted by Crippen LogP contribution is -2.31. The molecule has 0 heterocycles. The van der Waals surface area contributed by atoms with Crippen LogP contribution in [0.2, 0.25) is 0 Å². The molecule has 16 heavy (non-hydrogen) atoms. The number of hydrogen-bond acceptors (Lipinski definition) is 2. The molecule has 0 saturated heterocycles. The maximum absolute atomic E-state index is 11.8. The van der Waals surface area contributed by atoms with Crippen molar-refractivity contribution >= 4 is 21.9 Å². The summed E-state index contributed by atoms with van der Waals surface area (Å²) in [5, 5.41) is 0. The summed E-state index contributed by atoms with van der Waals surface area (Å²) in [5.41, 5.74) is 1.51. The van der Waals surface area contributed by atoms with Crippen LogP contribution in [0, 0.1) is 6.92 Å². The summed E-state index contributed by atoms with van der Waals surface area (Å²) >= 11 is 3.47. The van der Waals surface area contributed by atoms with Crippen LogP contribution in [0.4, 0.5) is 0 Å². The van der Waals surface area contributed by atoms with Gasteiger partial charge in [0.2, 0.25) is 0 Å². The van der Waals surface area contributed by atoms with E-state index in [2.05, 4.69) is 15.9 Å². The second kappa shape index (κ2) is 5.00. The Bertz CT molecular complexity index is 397. The third-order valence-corrected chi connectivity index (χ3v) is 3.53. The number of rotatable bonds is 3. The van der Waals surface area contributed by atoms with Crippen molar-refractivity contribution in [3.8, 4) is 0 Å². The number of aryl methyl sites for hydroxylation is 1. The lowest BCUT2D eigenvalue weighted by molar-refractivity contribution is -0.148. The summed E-state index contributed by atoms with van der Waals surface area (Å²) in [5.74, 6) is -0.189. The van der Waals surface area contributed by atoms with Gasteiger partial charge in [-0.1, -0.05) is 28.1 Å². The summed E-state index contributed by atoms with van der Waals surface area (Å²) in [7, 11) is 0. The number of carbonyl (C=O) groups excluding carboxylic acids is 1. The molecule has 0 atom stereocenters. The van der Waals surface area contributed by atoms with E-state index in [9.17, 15) is 4.79 Å². The number of ether oxygens (including phenoxy) is 1. The van der Waals surface area contributed by atoms with Gasteiger partial charge in [-0.05, 0) is 44.9 Å². The van der Waals surface area contributed by atoms with E-state index in [0.717, 1.165) is 15.6 Å². The summed E-state index contributed by atoms with van der Waals surface area (Å²) < 4.78 is 6.09. The van der Waals surface area contributed by atoms with Gasteiger partial charge in [-0.25, -0.2) is 0 Å². The van der Waals surface area contributed by atoms with Crippen molar-refractivity contribution in [1.29, 1.82) is 0 Å². The van der Waals surface area contributed by atoms with Gasteiger partial charge in [-0.3, -0.25) is 4.79 Å². The van der Waals surface area contributed by atoms with Crippen molar-refractivity contribution in [2.45, 2.75) is 33.1 Å². The smallest absolute Gasteiger partial charge is 0.315 e. The van der Waals surface area contributed by atoms with Gasteiger partial charge < -0.3 is 4.74 Å². The molecular weight excluding hydrogens is 268 g/mol. The summed E-state index contributed by atoms with van der Waals surface area (Å²) in [6, 6.07) is 5.95. The quantitative estimate of drug-likeness (QED) is 0.793. The third-order valence-electron chi connectivity index (χ3n) is 2.68. The molecule has 3 heteroatoms. The SMILES string of the molecule is CCOC(=O)C(C)(C)c1ccc(C)c(Br)c1. The van der Waals surface area contributed by atoms with Crippen LogP contribution in [0.25, 0.3) is 0 Å². The van der Waals surface area contributed by atoms with Gasteiger partial charge in [0.1, 0.15) is 0 Å². The topological polar surface area (TPSA) is 26.3 Å². The Morgan fingerprint density at radius 3 is 2.56 bits per heavy atom. The monoisotopic (exact) mass is 284 g/mol. The highest BCUT2D eigenvalue weighted by molar-refractivity contribution is 9.10. The van der Waals surface area contributed by atoms with Crippen LogP contribution in [0.5, 0.6) is 0 Å². The Kier molecular flexibility index (Phi) is 4.14. The van der Waals surface area contributed by atoms with E-state index in [1.807, 2.05) is 45.9 Å². The van der Waals surface area contributed by atoms with Crippen molar-refractivity contribution in [2.24, 2.45) is 0 Å². The van der Waals surface area contributed by atoms with Crippen molar-refractivity contribution in [2.75, 3.05) is 6.61 Å². The number of halogens is 1. The van der Waals surface area contributed by atoms with Crippen molar-refractivity contribution < 1.29 is 9.53 Å². The van der Waals surface area contributed by atoms with E-state index in [0.29, 0.717) is 6.61 Å². The molecule has 0 N–H and O–H groups in total. The molecule has 0 radical (unpaired) electrons. The van der Waals surface area contributed by atoms with Gasteiger partial charge in [0.15, 0.2) is 0 Å². The highest BCUT2D eigenvalue weighted by Gasteiger charge is 2.31. The van der Waals surface area contributed by atoms with Gasteiger partial charge in [0.05, 0.1) is 12.0 Å². The second-order valence-electron chi connectivity index (χ2n) is 4.31. The number of hydrogen-bond donors (Lipinski definition) is 0. The normalized spacial score (nSPS) is 11.3. The van der Waals surface area contributed by atoms with Gasteiger partial charge in [-0.2, -0.15) is 0 Å². The number of carbonyl (C=O) groups is 1. The number of esters is 1. The molecule has 2 nitrogen and oxygen atoms in total. The zero-order chi connectivity index (χ0) is 12.3. The molecule has 0 aliphatic rings. The first-order chi connectivity index (χ1) is 7.39. The van der Waals surface area contributed by atoms with E-state index < -0.39 is 5.41 Å². The minimum atomic E-state index is -0.605. The minimum absolute atomic E-state index is 0.189. The molecule has 0 spiro atoms. The lowest BCUT2D eigenvalue weighted by atomic mass is 9.84. The predicted molar refractivity (Wildman–Crippen MR) is 68.5 cm³/mol. The molecule has 0 bridgehead atoms. The molecular formula is C13H17BrO2. The maximum Gasteiger partial charge on any atom is 0.315 e. The maximum atomic E-state index is 11.8. The van der Waals surface area contributed by atoms with Crippen LogP contribution in [0.15, 0.2) is 22.7 Å². The van der Waals surface area contributed by atoms with E-state index >= 15 is 0 Å². The lowest BCUT2D eigenvalue weighted by Gasteiger charge is -2.23. The minimum Gasteiger partial charge on any atom is -0.465 e. The van der Waals surface area contributed by atoms with Crippen LogP contribution in [-0.4, -0.2) is 12.6 Å². The molecule has 88 valence electrons. The predicted octanol–water partition coefficient (Wildman–Crippen LogP) is 3.60. The van der Waals surface area contributed by atoms with Crippen LogP contribution in [0.1, 0.15) is 31.9 Å².